The fraction of sp³-hybridized carbons (Fsp3) is 0.692. The number of hydrogen-bond donors (Lipinski definition) is 0. The van der Waals surface area contributed by atoms with Crippen molar-refractivity contribution in [1.82, 2.24) is 9.78 Å². The summed E-state index contributed by atoms with van der Waals surface area (Å²) in [4.78, 5) is 11.7. The third kappa shape index (κ3) is 2.14. The monoisotopic (exact) mass is 280 g/mol. The highest BCUT2D eigenvalue weighted by Crippen LogP contribution is 2.36. The van der Waals surface area contributed by atoms with Crippen molar-refractivity contribution in [2.24, 2.45) is 0 Å². The van der Waals surface area contributed by atoms with Gasteiger partial charge in [-0.05, 0) is 41.5 Å². The van der Waals surface area contributed by atoms with E-state index in [0.717, 1.165) is 5.46 Å². The van der Waals surface area contributed by atoms with Crippen molar-refractivity contribution in [1.29, 1.82) is 0 Å². The standard InChI is InChI=1S/C13H21BN2O4/c1-8-10(9(2)16(15-8)11(17)18-7)14-19-12(3,4)13(5,6)20-14/h1-7H3. The Morgan fingerprint density at radius 3 is 2.15 bits per heavy atom. The highest BCUT2D eigenvalue weighted by atomic mass is 16.7. The van der Waals surface area contributed by atoms with Crippen LogP contribution in [0.15, 0.2) is 0 Å². The van der Waals surface area contributed by atoms with Crippen LogP contribution in [0.2, 0.25) is 0 Å². The number of carbonyl (C=O) groups excluding carboxylic acids is 1. The number of rotatable bonds is 1. The van der Waals surface area contributed by atoms with Crippen LogP contribution in [0, 0.1) is 13.8 Å². The van der Waals surface area contributed by atoms with Gasteiger partial charge in [-0.1, -0.05) is 0 Å². The van der Waals surface area contributed by atoms with Gasteiger partial charge < -0.3 is 14.0 Å². The topological polar surface area (TPSA) is 62.6 Å². The molecule has 0 bridgehead atoms. The van der Waals surface area contributed by atoms with Gasteiger partial charge in [0.15, 0.2) is 0 Å². The number of carbonyl (C=O) groups is 1. The molecule has 6 nitrogen and oxygen atoms in total. The van der Waals surface area contributed by atoms with E-state index >= 15 is 0 Å². The molecule has 1 fully saturated rings. The van der Waals surface area contributed by atoms with E-state index < -0.39 is 24.4 Å². The number of aromatic nitrogens is 2. The zero-order chi connectivity index (χ0) is 15.3. The summed E-state index contributed by atoms with van der Waals surface area (Å²) >= 11 is 0. The summed E-state index contributed by atoms with van der Waals surface area (Å²) in [5.74, 6) is 0. The maximum absolute atomic E-state index is 11.7. The molecule has 0 aliphatic carbocycles. The molecule has 2 heterocycles. The van der Waals surface area contributed by atoms with E-state index in [4.69, 9.17) is 14.0 Å². The van der Waals surface area contributed by atoms with Crippen molar-refractivity contribution >= 4 is 18.7 Å². The van der Waals surface area contributed by atoms with Gasteiger partial charge in [0, 0.05) is 11.2 Å². The van der Waals surface area contributed by atoms with E-state index in [1.807, 2.05) is 34.6 Å². The largest absolute Gasteiger partial charge is 0.498 e. The minimum Gasteiger partial charge on any atom is -0.451 e. The third-order valence-electron chi connectivity index (χ3n) is 4.18. The predicted octanol–water partition coefficient (Wildman–Crippen LogP) is 1.41. The van der Waals surface area contributed by atoms with Crippen LogP contribution in [0.25, 0.3) is 0 Å². The molecule has 0 atom stereocenters. The molecular formula is C13H21BN2O4. The fourth-order valence-electron chi connectivity index (χ4n) is 2.22. The number of aryl methyl sites for hydroxylation is 1. The average molecular weight is 280 g/mol. The summed E-state index contributed by atoms with van der Waals surface area (Å²) < 4.78 is 18.0. The Morgan fingerprint density at radius 1 is 1.20 bits per heavy atom. The van der Waals surface area contributed by atoms with Crippen LogP contribution < -0.4 is 5.46 Å². The first-order chi connectivity index (χ1) is 9.10. The Morgan fingerprint density at radius 2 is 1.70 bits per heavy atom. The Labute approximate surface area is 119 Å². The third-order valence-corrected chi connectivity index (χ3v) is 4.18. The molecule has 0 aromatic carbocycles. The molecule has 0 radical (unpaired) electrons. The Bertz CT molecular complexity index is 535. The molecule has 1 saturated heterocycles. The molecule has 1 aliphatic heterocycles. The zero-order valence-corrected chi connectivity index (χ0v) is 13.1. The van der Waals surface area contributed by atoms with Gasteiger partial charge in [0.2, 0.25) is 0 Å². The molecule has 2 rings (SSSR count). The van der Waals surface area contributed by atoms with Gasteiger partial charge in [0.1, 0.15) is 0 Å². The summed E-state index contributed by atoms with van der Waals surface area (Å²) in [5.41, 5.74) is 1.31. The number of nitrogens with zero attached hydrogens (tertiary/aromatic N) is 2. The second kappa shape index (κ2) is 4.60. The van der Waals surface area contributed by atoms with Crippen LogP contribution in [0.5, 0.6) is 0 Å². The molecule has 110 valence electrons. The molecule has 0 spiro atoms. The van der Waals surface area contributed by atoms with Gasteiger partial charge in [0.05, 0.1) is 24.0 Å². The van der Waals surface area contributed by atoms with Crippen molar-refractivity contribution in [3.8, 4) is 0 Å². The highest BCUT2D eigenvalue weighted by molar-refractivity contribution is 6.63. The first kappa shape index (κ1) is 15.1. The molecule has 20 heavy (non-hydrogen) atoms. The molecule has 0 saturated carbocycles. The lowest BCUT2D eigenvalue weighted by atomic mass is 9.77. The average Bonchev–Trinajstić information content (AvgIpc) is 2.72. The maximum Gasteiger partial charge on any atom is 0.498 e. The normalized spacial score (nSPS) is 20.2. The van der Waals surface area contributed by atoms with E-state index in [2.05, 4.69) is 5.10 Å². The summed E-state index contributed by atoms with van der Waals surface area (Å²) in [6.45, 7) is 11.6. The molecule has 0 unspecified atom stereocenters. The smallest absolute Gasteiger partial charge is 0.451 e. The van der Waals surface area contributed by atoms with E-state index in [0.29, 0.717) is 11.4 Å². The van der Waals surface area contributed by atoms with Crippen LogP contribution >= 0.6 is 0 Å². The lowest BCUT2D eigenvalue weighted by Gasteiger charge is -2.32. The first-order valence-corrected chi connectivity index (χ1v) is 6.61. The van der Waals surface area contributed by atoms with E-state index in [1.165, 1.54) is 11.8 Å². The SMILES string of the molecule is COC(=O)n1nc(C)c(B2OC(C)(C)C(C)(C)O2)c1C. The fourth-order valence-corrected chi connectivity index (χ4v) is 2.22. The predicted molar refractivity (Wildman–Crippen MR) is 75.2 cm³/mol. The van der Waals surface area contributed by atoms with Crippen molar-refractivity contribution in [3.05, 3.63) is 11.4 Å². The molecule has 1 aromatic heterocycles. The second-order valence-electron chi connectivity index (χ2n) is 6.05. The van der Waals surface area contributed by atoms with Gasteiger partial charge in [-0.15, -0.1) is 0 Å². The van der Waals surface area contributed by atoms with Crippen LogP contribution in [0.4, 0.5) is 4.79 Å². The van der Waals surface area contributed by atoms with Gasteiger partial charge in [-0.25, -0.2) is 4.79 Å². The minimum absolute atomic E-state index is 0.427. The highest BCUT2D eigenvalue weighted by Gasteiger charge is 2.53. The molecule has 7 heteroatoms. The summed E-state index contributed by atoms with van der Waals surface area (Å²) in [7, 11) is 0.797. The number of ether oxygens (including phenoxy) is 1. The first-order valence-electron chi connectivity index (χ1n) is 6.61. The molecule has 0 amide bonds. The van der Waals surface area contributed by atoms with Gasteiger partial charge in [-0.2, -0.15) is 9.78 Å². The molecule has 0 N–H and O–H groups in total. The lowest BCUT2D eigenvalue weighted by molar-refractivity contribution is 0.00578. The quantitative estimate of drug-likeness (QED) is 0.728. The Hall–Kier alpha value is -1.34. The minimum atomic E-state index is -0.529. The van der Waals surface area contributed by atoms with Crippen molar-refractivity contribution in [3.63, 3.8) is 0 Å². The van der Waals surface area contributed by atoms with E-state index in [-0.39, 0.29) is 0 Å². The van der Waals surface area contributed by atoms with Gasteiger partial charge >= 0.3 is 13.2 Å². The van der Waals surface area contributed by atoms with Crippen LogP contribution in [-0.4, -0.2) is 41.3 Å². The summed E-state index contributed by atoms with van der Waals surface area (Å²) in [6.07, 6.45) is -0.520. The van der Waals surface area contributed by atoms with Crippen molar-refractivity contribution in [2.45, 2.75) is 52.7 Å². The zero-order valence-electron chi connectivity index (χ0n) is 13.1. The van der Waals surface area contributed by atoms with Crippen LogP contribution in [0.1, 0.15) is 39.1 Å². The van der Waals surface area contributed by atoms with E-state index in [9.17, 15) is 4.79 Å². The van der Waals surface area contributed by atoms with Gasteiger partial charge in [0.25, 0.3) is 0 Å². The second-order valence-corrected chi connectivity index (χ2v) is 6.05. The van der Waals surface area contributed by atoms with Crippen molar-refractivity contribution < 1.29 is 18.8 Å². The molecular weight excluding hydrogens is 259 g/mol. The summed E-state index contributed by atoms with van der Waals surface area (Å²) in [5, 5.41) is 4.20. The van der Waals surface area contributed by atoms with E-state index in [1.54, 1.807) is 6.92 Å². The Balaban J connectivity index is 2.41. The van der Waals surface area contributed by atoms with Crippen LogP contribution in [0.3, 0.4) is 0 Å². The molecule has 1 aliphatic rings. The van der Waals surface area contributed by atoms with Gasteiger partial charge in [-0.3, -0.25) is 0 Å². The number of methoxy groups -OCH3 is 1. The van der Waals surface area contributed by atoms with Crippen LogP contribution in [-0.2, 0) is 14.0 Å². The molecule has 1 aromatic rings. The summed E-state index contributed by atoms with van der Waals surface area (Å²) in [6, 6.07) is 0. The number of hydrogen-bond acceptors (Lipinski definition) is 5. The lowest BCUT2D eigenvalue weighted by Crippen LogP contribution is -2.41. The maximum atomic E-state index is 11.7. The Kier molecular flexibility index (Phi) is 3.46. The van der Waals surface area contributed by atoms with Crippen molar-refractivity contribution in [2.75, 3.05) is 7.11 Å².